The highest BCUT2D eigenvalue weighted by atomic mass is 32.2. The van der Waals surface area contributed by atoms with Gasteiger partial charge in [0.15, 0.2) is 0 Å². The Morgan fingerprint density at radius 3 is 2.73 bits per heavy atom. The summed E-state index contributed by atoms with van der Waals surface area (Å²) in [4.78, 5) is 23.1. The topological polar surface area (TPSA) is 97.9 Å². The SMILES string of the molecule is COCCOCCOCCNC(=O)CCCC[C@@H]1SC[C@@H]2NC(=O)N[C@@H]21. The van der Waals surface area contributed by atoms with Gasteiger partial charge in [-0.2, -0.15) is 11.8 Å². The van der Waals surface area contributed by atoms with E-state index in [1.165, 1.54) is 0 Å². The monoisotopic (exact) mass is 389 g/mol. The Labute approximate surface area is 159 Å². The molecule has 0 saturated carbocycles. The van der Waals surface area contributed by atoms with Gasteiger partial charge in [0.05, 0.1) is 45.1 Å². The zero-order valence-electron chi connectivity index (χ0n) is 15.5. The number of fused-ring (bicyclic) bond motifs is 1. The van der Waals surface area contributed by atoms with Gasteiger partial charge < -0.3 is 30.2 Å². The number of hydrogen-bond donors (Lipinski definition) is 3. The molecule has 0 unspecified atom stereocenters. The highest BCUT2D eigenvalue weighted by molar-refractivity contribution is 8.00. The molecule has 2 fully saturated rings. The third kappa shape index (κ3) is 7.69. The Hall–Kier alpha value is -1.03. The van der Waals surface area contributed by atoms with Crippen molar-refractivity contribution >= 4 is 23.7 Å². The summed E-state index contributed by atoms with van der Waals surface area (Å²) in [5.41, 5.74) is 0. The molecule has 0 aromatic heterocycles. The Kier molecular flexibility index (Phi) is 10.1. The maximum Gasteiger partial charge on any atom is 0.315 e. The molecule has 8 nitrogen and oxygen atoms in total. The fourth-order valence-electron chi connectivity index (χ4n) is 3.09. The van der Waals surface area contributed by atoms with Crippen LogP contribution in [0.4, 0.5) is 4.79 Å². The Morgan fingerprint density at radius 1 is 1.15 bits per heavy atom. The Morgan fingerprint density at radius 2 is 1.92 bits per heavy atom. The lowest BCUT2D eigenvalue weighted by Gasteiger charge is -2.16. The van der Waals surface area contributed by atoms with Gasteiger partial charge in [0.1, 0.15) is 0 Å². The molecule has 9 heteroatoms. The minimum Gasteiger partial charge on any atom is -0.382 e. The highest BCUT2D eigenvalue weighted by Crippen LogP contribution is 2.33. The van der Waals surface area contributed by atoms with Crippen molar-refractivity contribution in [1.29, 1.82) is 0 Å². The highest BCUT2D eigenvalue weighted by Gasteiger charge is 2.42. The molecule has 0 spiro atoms. The molecule has 0 aromatic carbocycles. The lowest BCUT2D eigenvalue weighted by molar-refractivity contribution is -0.121. The molecule has 2 aliphatic rings. The smallest absolute Gasteiger partial charge is 0.315 e. The van der Waals surface area contributed by atoms with Gasteiger partial charge in [0.2, 0.25) is 5.91 Å². The Balaban J connectivity index is 1.38. The van der Waals surface area contributed by atoms with Crippen molar-refractivity contribution in [3.8, 4) is 0 Å². The van der Waals surface area contributed by atoms with Gasteiger partial charge in [-0.3, -0.25) is 4.79 Å². The number of unbranched alkanes of at least 4 members (excludes halogenated alkanes) is 1. The number of amides is 3. The lowest BCUT2D eigenvalue weighted by Crippen LogP contribution is -2.36. The second kappa shape index (κ2) is 12.4. The van der Waals surface area contributed by atoms with Crippen molar-refractivity contribution < 1.29 is 23.8 Å². The molecule has 3 amide bonds. The van der Waals surface area contributed by atoms with Gasteiger partial charge in [-0.05, 0) is 12.8 Å². The van der Waals surface area contributed by atoms with Crippen LogP contribution in [0.15, 0.2) is 0 Å². The fourth-order valence-corrected chi connectivity index (χ4v) is 4.63. The second-order valence-electron chi connectivity index (χ2n) is 6.44. The largest absolute Gasteiger partial charge is 0.382 e. The average molecular weight is 390 g/mol. The molecular formula is C17H31N3O5S. The molecule has 3 N–H and O–H groups in total. The van der Waals surface area contributed by atoms with E-state index >= 15 is 0 Å². The average Bonchev–Trinajstić information content (AvgIpc) is 3.16. The third-order valence-electron chi connectivity index (χ3n) is 4.45. The van der Waals surface area contributed by atoms with Gasteiger partial charge in [-0.1, -0.05) is 6.42 Å². The number of urea groups is 1. The summed E-state index contributed by atoms with van der Waals surface area (Å²) in [6, 6.07) is 0.469. The molecule has 2 saturated heterocycles. The molecule has 2 aliphatic heterocycles. The number of carbonyl (C=O) groups excluding carboxylic acids is 2. The van der Waals surface area contributed by atoms with E-state index in [1.807, 2.05) is 11.8 Å². The van der Waals surface area contributed by atoms with Crippen molar-refractivity contribution in [3.63, 3.8) is 0 Å². The summed E-state index contributed by atoms with van der Waals surface area (Å²) in [6.07, 6.45) is 3.44. The molecule has 0 bridgehead atoms. The summed E-state index contributed by atoms with van der Waals surface area (Å²) < 4.78 is 15.5. The standard InChI is InChI=1S/C17H31N3O5S/c1-23-8-9-25-11-10-24-7-6-18-15(21)5-3-2-4-14-16-13(12-26-14)19-17(22)20-16/h13-14,16H,2-12H2,1H3,(H,18,21)(H2,19,20,22)/t13-,14-,16-/m0/s1. The van der Waals surface area contributed by atoms with Crippen LogP contribution in [0.5, 0.6) is 0 Å². The minimum absolute atomic E-state index is 0.0477. The zero-order valence-corrected chi connectivity index (χ0v) is 16.3. The molecule has 0 aromatic rings. The third-order valence-corrected chi connectivity index (χ3v) is 5.96. The van der Waals surface area contributed by atoms with E-state index in [0.29, 0.717) is 51.2 Å². The van der Waals surface area contributed by atoms with E-state index in [1.54, 1.807) is 7.11 Å². The first kappa shape index (κ1) is 21.3. The van der Waals surface area contributed by atoms with E-state index in [4.69, 9.17) is 14.2 Å². The maximum absolute atomic E-state index is 11.8. The molecule has 26 heavy (non-hydrogen) atoms. The second-order valence-corrected chi connectivity index (χ2v) is 7.71. The first-order valence-corrected chi connectivity index (χ1v) is 10.4. The predicted octanol–water partition coefficient (Wildman–Crippen LogP) is 0.508. The number of carbonyl (C=O) groups is 2. The molecule has 2 heterocycles. The quantitative estimate of drug-likeness (QED) is 0.296. The summed E-state index contributed by atoms with van der Waals surface area (Å²) in [7, 11) is 1.64. The fraction of sp³-hybridized carbons (Fsp3) is 0.882. The van der Waals surface area contributed by atoms with Crippen LogP contribution in [0.1, 0.15) is 25.7 Å². The van der Waals surface area contributed by atoms with E-state index in [2.05, 4.69) is 16.0 Å². The molecular weight excluding hydrogens is 358 g/mol. The van der Waals surface area contributed by atoms with Crippen LogP contribution in [-0.4, -0.2) is 81.7 Å². The summed E-state index contributed by atoms with van der Waals surface area (Å²) in [6.45, 7) is 3.23. The molecule has 150 valence electrons. The Bertz CT molecular complexity index is 441. The number of rotatable bonds is 14. The van der Waals surface area contributed by atoms with Crippen molar-refractivity contribution in [2.45, 2.75) is 43.0 Å². The first-order chi connectivity index (χ1) is 12.7. The van der Waals surface area contributed by atoms with Crippen molar-refractivity contribution in [3.05, 3.63) is 0 Å². The summed E-state index contributed by atoms with van der Waals surface area (Å²) in [5.74, 6) is 1.05. The van der Waals surface area contributed by atoms with Gasteiger partial charge in [-0.25, -0.2) is 4.79 Å². The van der Waals surface area contributed by atoms with Crippen LogP contribution in [0.25, 0.3) is 0 Å². The molecule has 2 rings (SSSR count). The van der Waals surface area contributed by atoms with Gasteiger partial charge >= 0.3 is 6.03 Å². The number of hydrogen-bond acceptors (Lipinski definition) is 6. The van der Waals surface area contributed by atoms with Gasteiger partial charge in [-0.15, -0.1) is 0 Å². The molecule has 0 aliphatic carbocycles. The molecule has 3 atom stereocenters. The van der Waals surface area contributed by atoms with E-state index in [-0.39, 0.29) is 24.0 Å². The van der Waals surface area contributed by atoms with Gasteiger partial charge in [0.25, 0.3) is 0 Å². The first-order valence-electron chi connectivity index (χ1n) is 9.30. The van der Waals surface area contributed by atoms with E-state index in [0.717, 1.165) is 25.0 Å². The van der Waals surface area contributed by atoms with Crippen LogP contribution >= 0.6 is 11.8 Å². The minimum atomic E-state index is -0.0477. The van der Waals surface area contributed by atoms with Crippen LogP contribution in [0, 0.1) is 0 Å². The number of methoxy groups -OCH3 is 1. The number of nitrogens with one attached hydrogen (secondary N) is 3. The normalized spacial score (nSPS) is 24.2. The van der Waals surface area contributed by atoms with Crippen LogP contribution in [0.2, 0.25) is 0 Å². The lowest BCUT2D eigenvalue weighted by atomic mass is 10.0. The van der Waals surface area contributed by atoms with E-state index in [9.17, 15) is 9.59 Å². The van der Waals surface area contributed by atoms with Crippen LogP contribution < -0.4 is 16.0 Å². The van der Waals surface area contributed by atoms with Gasteiger partial charge in [0, 0.05) is 31.1 Å². The van der Waals surface area contributed by atoms with Crippen LogP contribution in [0.3, 0.4) is 0 Å². The number of thioether (sulfide) groups is 1. The molecule has 0 radical (unpaired) electrons. The predicted molar refractivity (Wildman–Crippen MR) is 100 cm³/mol. The van der Waals surface area contributed by atoms with Crippen molar-refractivity contribution in [2.75, 3.05) is 52.4 Å². The zero-order chi connectivity index (χ0) is 18.6. The van der Waals surface area contributed by atoms with E-state index < -0.39 is 0 Å². The summed E-state index contributed by atoms with van der Waals surface area (Å²) >= 11 is 1.91. The van der Waals surface area contributed by atoms with Crippen molar-refractivity contribution in [2.24, 2.45) is 0 Å². The summed E-state index contributed by atoms with van der Waals surface area (Å²) in [5, 5.41) is 9.27. The maximum atomic E-state index is 11.8. The number of ether oxygens (including phenoxy) is 3. The van der Waals surface area contributed by atoms with Crippen molar-refractivity contribution in [1.82, 2.24) is 16.0 Å². The van der Waals surface area contributed by atoms with Crippen LogP contribution in [-0.2, 0) is 19.0 Å².